The molecule has 0 bridgehead atoms. The summed E-state index contributed by atoms with van der Waals surface area (Å²) in [5.74, 6) is 0.609. The third kappa shape index (κ3) is 5.38. The van der Waals surface area contributed by atoms with E-state index in [1.165, 1.54) is 20.0 Å². The van der Waals surface area contributed by atoms with Crippen LogP contribution in [0.15, 0.2) is 0 Å². The first-order chi connectivity index (χ1) is 9.69. The van der Waals surface area contributed by atoms with Gasteiger partial charge in [0.2, 0.25) is 0 Å². The van der Waals surface area contributed by atoms with Gasteiger partial charge in [0, 0.05) is 25.8 Å². The quantitative estimate of drug-likeness (QED) is 0.675. The molecule has 116 valence electrons. The number of methoxy groups -OCH3 is 1. The van der Waals surface area contributed by atoms with Crippen LogP contribution in [0.4, 0.5) is 0 Å². The molecule has 1 heterocycles. The summed E-state index contributed by atoms with van der Waals surface area (Å²) in [5, 5.41) is 3.38. The van der Waals surface area contributed by atoms with Gasteiger partial charge in [0.05, 0.1) is 7.11 Å². The van der Waals surface area contributed by atoms with Gasteiger partial charge in [0.15, 0.2) is 0 Å². The molecule has 2 fully saturated rings. The van der Waals surface area contributed by atoms with Crippen molar-refractivity contribution in [3.05, 3.63) is 0 Å². The minimum absolute atomic E-state index is 0.128. The van der Waals surface area contributed by atoms with Crippen molar-refractivity contribution < 1.29 is 14.3 Å². The number of nitrogens with zero attached hydrogens (tertiary/aromatic N) is 1. The van der Waals surface area contributed by atoms with E-state index in [0.717, 1.165) is 51.5 Å². The van der Waals surface area contributed by atoms with E-state index in [1.807, 2.05) is 0 Å². The molecule has 1 aliphatic carbocycles. The van der Waals surface area contributed by atoms with Crippen LogP contribution in [0.25, 0.3) is 0 Å². The normalized spacial score (nSPS) is 21.9. The van der Waals surface area contributed by atoms with Gasteiger partial charge < -0.3 is 19.7 Å². The van der Waals surface area contributed by atoms with E-state index >= 15 is 0 Å². The maximum absolute atomic E-state index is 11.8. The molecule has 1 saturated heterocycles. The lowest BCUT2D eigenvalue weighted by Crippen LogP contribution is -2.42. The van der Waals surface area contributed by atoms with Gasteiger partial charge in [-0.2, -0.15) is 0 Å². The lowest BCUT2D eigenvalue weighted by atomic mass is 10.00. The molecule has 20 heavy (non-hydrogen) atoms. The zero-order valence-corrected chi connectivity index (χ0v) is 12.8. The second-order valence-electron chi connectivity index (χ2n) is 6.12. The highest BCUT2D eigenvalue weighted by atomic mass is 16.5. The average Bonchev–Trinajstić information content (AvgIpc) is 3.27. The molecule has 1 saturated carbocycles. The topological polar surface area (TPSA) is 50.8 Å². The monoisotopic (exact) mass is 284 g/mol. The summed E-state index contributed by atoms with van der Waals surface area (Å²) < 4.78 is 10.3. The van der Waals surface area contributed by atoms with Crippen LogP contribution in [0.3, 0.4) is 0 Å². The largest absolute Gasteiger partial charge is 0.468 e. The molecule has 0 spiro atoms. The van der Waals surface area contributed by atoms with Crippen molar-refractivity contribution in [3.63, 3.8) is 0 Å². The number of ether oxygens (including phenoxy) is 2. The molecule has 1 atom stereocenters. The van der Waals surface area contributed by atoms with Crippen LogP contribution >= 0.6 is 0 Å². The van der Waals surface area contributed by atoms with Gasteiger partial charge in [-0.1, -0.05) is 0 Å². The molecule has 1 aliphatic heterocycles. The number of carbonyl (C=O) groups excluding carboxylic acids is 1. The lowest BCUT2D eigenvalue weighted by molar-refractivity contribution is -0.143. The fourth-order valence-corrected chi connectivity index (χ4v) is 2.76. The number of hydrogen-bond acceptors (Lipinski definition) is 5. The van der Waals surface area contributed by atoms with E-state index < -0.39 is 0 Å². The lowest BCUT2D eigenvalue weighted by Gasteiger charge is -2.28. The molecule has 1 N–H and O–H groups in total. The fourth-order valence-electron chi connectivity index (χ4n) is 2.76. The molecular formula is C15H28N2O3. The smallest absolute Gasteiger partial charge is 0.322 e. The zero-order valence-electron chi connectivity index (χ0n) is 12.8. The average molecular weight is 284 g/mol. The fraction of sp³-hybridized carbons (Fsp3) is 0.933. The van der Waals surface area contributed by atoms with Crippen LogP contribution in [0.5, 0.6) is 0 Å². The van der Waals surface area contributed by atoms with E-state index in [1.54, 1.807) is 0 Å². The Morgan fingerprint density at radius 2 is 2.05 bits per heavy atom. The van der Waals surface area contributed by atoms with Gasteiger partial charge in [-0.05, 0) is 51.6 Å². The molecule has 0 aromatic heterocycles. The second kappa shape index (κ2) is 7.96. The first kappa shape index (κ1) is 15.7. The van der Waals surface area contributed by atoms with Gasteiger partial charge in [-0.3, -0.25) is 4.79 Å². The Hall–Kier alpha value is -0.650. The van der Waals surface area contributed by atoms with Gasteiger partial charge in [0.25, 0.3) is 0 Å². The number of nitrogens with one attached hydrogen (secondary N) is 1. The van der Waals surface area contributed by atoms with Crippen LogP contribution in [0.1, 0.15) is 32.1 Å². The predicted molar refractivity (Wildman–Crippen MR) is 77.6 cm³/mol. The molecule has 5 heteroatoms. The van der Waals surface area contributed by atoms with Crippen molar-refractivity contribution >= 4 is 5.97 Å². The Morgan fingerprint density at radius 1 is 1.35 bits per heavy atom. The van der Waals surface area contributed by atoms with Crippen LogP contribution in [-0.4, -0.2) is 63.4 Å². The highest BCUT2D eigenvalue weighted by Gasteiger charge is 2.29. The summed E-state index contributed by atoms with van der Waals surface area (Å²) in [4.78, 5) is 14.1. The van der Waals surface area contributed by atoms with E-state index in [9.17, 15) is 4.79 Å². The molecule has 0 radical (unpaired) electrons. The van der Waals surface area contributed by atoms with Crippen molar-refractivity contribution in [1.29, 1.82) is 0 Å². The summed E-state index contributed by atoms with van der Waals surface area (Å²) in [6.07, 6.45) is 5.51. The van der Waals surface area contributed by atoms with Crippen LogP contribution < -0.4 is 5.32 Å². The molecule has 2 rings (SSSR count). The van der Waals surface area contributed by atoms with Gasteiger partial charge >= 0.3 is 5.97 Å². The summed E-state index contributed by atoms with van der Waals surface area (Å²) in [6, 6.07) is 0.379. The highest BCUT2D eigenvalue weighted by Crippen LogP contribution is 2.20. The number of rotatable bonds is 8. The Morgan fingerprint density at radius 3 is 2.65 bits per heavy atom. The van der Waals surface area contributed by atoms with Gasteiger partial charge in [0.1, 0.15) is 6.04 Å². The summed E-state index contributed by atoms with van der Waals surface area (Å²) in [6.45, 7) is 3.82. The molecular weight excluding hydrogens is 256 g/mol. The maximum atomic E-state index is 11.8. The Bertz CT molecular complexity index is 301. The van der Waals surface area contributed by atoms with E-state index in [-0.39, 0.29) is 12.0 Å². The van der Waals surface area contributed by atoms with Gasteiger partial charge in [-0.15, -0.1) is 0 Å². The Kier molecular flexibility index (Phi) is 6.26. The molecule has 5 nitrogen and oxygen atoms in total. The SMILES string of the molecule is COC(=O)C(CCN(C)CC1CCOCC1)NC1CC1. The predicted octanol–water partition coefficient (Wildman–Crippen LogP) is 1.03. The van der Waals surface area contributed by atoms with Crippen molar-refractivity contribution in [1.82, 2.24) is 10.2 Å². The van der Waals surface area contributed by atoms with E-state index in [4.69, 9.17) is 9.47 Å². The summed E-state index contributed by atoms with van der Waals surface area (Å²) in [5.41, 5.74) is 0. The second-order valence-corrected chi connectivity index (χ2v) is 6.12. The van der Waals surface area contributed by atoms with Crippen molar-refractivity contribution in [2.75, 3.05) is 40.5 Å². The Labute approximate surface area is 122 Å². The van der Waals surface area contributed by atoms with Crippen molar-refractivity contribution in [3.8, 4) is 0 Å². The number of esters is 1. The third-order valence-electron chi connectivity index (χ3n) is 4.21. The number of hydrogen-bond donors (Lipinski definition) is 1. The van der Waals surface area contributed by atoms with Crippen molar-refractivity contribution in [2.45, 2.75) is 44.2 Å². The standard InChI is InChI=1S/C15H28N2O3/c1-17(11-12-6-9-20-10-7-12)8-5-14(15(18)19-2)16-13-3-4-13/h12-14,16H,3-11H2,1-2H3. The van der Waals surface area contributed by atoms with Crippen LogP contribution in [0, 0.1) is 5.92 Å². The van der Waals surface area contributed by atoms with Crippen LogP contribution in [0.2, 0.25) is 0 Å². The molecule has 0 amide bonds. The third-order valence-corrected chi connectivity index (χ3v) is 4.21. The van der Waals surface area contributed by atoms with E-state index in [0.29, 0.717) is 6.04 Å². The summed E-state index contributed by atoms with van der Waals surface area (Å²) in [7, 11) is 3.61. The molecule has 2 aliphatic rings. The molecule has 0 aromatic rings. The van der Waals surface area contributed by atoms with Crippen LogP contribution in [-0.2, 0) is 14.3 Å². The van der Waals surface area contributed by atoms with E-state index in [2.05, 4.69) is 17.3 Å². The maximum Gasteiger partial charge on any atom is 0.322 e. The molecule has 0 aromatic carbocycles. The molecule has 1 unspecified atom stereocenters. The Balaban J connectivity index is 1.68. The minimum atomic E-state index is -0.148. The van der Waals surface area contributed by atoms with Crippen molar-refractivity contribution in [2.24, 2.45) is 5.92 Å². The first-order valence-corrected chi connectivity index (χ1v) is 7.79. The highest BCUT2D eigenvalue weighted by molar-refractivity contribution is 5.75. The zero-order chi connectivity index (χ0) is 14.4. The number of carbonyl (C=O) groups is 1. The first-order valence-electron chi connectivity index (χ1n) is 7.79. The summed E-state index contributed by atoms with van der Waals surface area (Å²) >= 11 is 0. The van der Waals surface area contributed by atoms with Gasteiger partial charge in [-0.25, -0.2) is 0 Å². The minimum Gasteiger partial charge on any atom is -0.468 e.